The summed E-state index contributed by atoms with van der Waals surface area (Å²) in [6, 6.07) is 8.51. The van der Waals surface area contributed by atoms with E-state index in [2.05, 4.69) is 25.2 Å². The maximum atomic E-state index is 5.64. The largest absolute Gasteiger partial charge is 0.496 e. The Bertz CT molecular complexity index is 328. The number of hydrogen-bond acceptors (Lipinski definition) is 3. The normalized spacial score (nSPS) is 12.4. The quantitative estimate of drug-likeness (QED) is 0.684. The monoisotopic (exact) mass is 251 g/mol. The molecule has 18 heavy (non-hydrogen) atoms. The van der Waals surface area contributed by atoms with Gasteiger partial charge in [0, 0.05) is 12.6 Å². The van der Waals surface area contributed by atoms with Crippen LogP contribution < -0.4 is 10.1 Å². The SMILES string of the molecule is CCCOCC(Cc1ccccc1OC)NCC. The van der Waals surface area contributed by atoms with Crippen LogP contribution in [-0.4, -0.2) is 32.9 Å². The minimum Gasteiger partial charge on any atom is -0.496 e. The fourth-order valence-electron chi connectivity index (χ4n) is 1.99. The number of rotatable bonds is 9. The molecule has 0 aromatic heterocycles. The first kappa shape index (κ1) is 15.0. The number of methoxy groups -OCH3 is 1. The van der Waals surface area contributed by atoms with E-state index < -0.39 is 0 Å². The molecule has 0 aliphatic rings. The first-order chi connectivity index (χ1) is 8.81. The average Bonchev–Trinajstić information content (AvgIpc) is 2.40. The molecule has 0 saturated carbocycles. The molecule has 1 rings (SSSR count). The molecule has 3 heteroatoms. The number of hydrogen-bond donors (Lipinski definition) is 1. The van der Waals surface area contributed by atoms with Gasteiger partial charge in [-0.2, -0.15) is 0 Å². The summed E-state index contributed by atoms with van der Waals surface area (Å²) in [5, 5.41) is 3.46. The van der Waals surface area contributed by atoms with Crippen molar-refractivity contribution in [3.63, 3.8) is 0 Å². The van der Waals surface area contributed by atoms with Crippen LogP contribution in [0.15, 0.2) is 24.3 Å². The molecule has 0 saturated heterocycles. The van der Waals surface area contributed by atoms with Crippen molar-refractivity contribution in [3.8, 4) is 5.75 Å². The van der Waals surface area contributed by atoms with E-state index in [1.807, 2.05) is 18.2 Å². The summed E-state index contributed by atoms with van der Waals surface area (Å²) in [5.74, 6) is 0.955. The topological polar surface area (TPSA) is 30.5 Å². The third-order valence-electron chi connectivity index (χ3n) is 2.82. The van der Waals surface area contributed by atoms with Gasteiger partial charge in [-0.1, -0.05) is 32.0 Å². The standard InChI is InChI=1S/C15H25NO2/c1-4-10-18-12-14(16-5-2)11-13-8-6-7-9-15(13)17-3/h6-9,14,16H,4-5,10-12H2,1-3H3. The van der Waals surface area contributed by atoms with Crippen molar-refractivity contribution in [2.45, 2.75) is 32.7 Å². The molecule has 1 unspecified atom stereocenters. The van der Waals surface area contributed by atoms with Gasteiger partial charge in [0.15, 0.2) is 0 Å². The van der Waals surface area contributed by atoms with Crippen LogP contribution in [0.2, 0.25) is 0 Å². The second kappa shape index (κ2) is 8.95. The molecule has 0 amide bonds. The first-order valence-corrected chi connectivity index (χ1v) is 6.74. The Morgan fingerprint density at radius 3 is 2.67 bits per heavy atom. The average molecular weight is 251 g/mol. The Balaban J connectivity index is 2.58. The van der Waals surface area contributed by atoms with Crippen molar-refractivity contribution in [1.82, 2.24) is 5.32 Å². The van der Waals surface area contributed by atoms with Crippen molar-refractivity contribution in [1.29, 1.82) is 0 Å². The van der Waals surface area contributed by atoms with E-state index in [-0.39, 0.29) is 0 Å². The lowest BCUT2D eigenvalue weighted by Crippen LogP contribution is -2.35. The molecule has 0 radical (unpaired) electrons. The first-order valence-electron chi connectivity index (χ1n) is 6.74. The van der Waals surface area contributed by atoms with Crippen LogP contribution in [0.1, 0.15) is 25.8 Å². The van der Waals surface area contributed by atoms with E-state index in [4.69, 9.17) is 9.47 Å². The van der Waals surface area contributed by atoms with Crippen molar-refractivity contribution >= 4 is 0 Å². The van der Waals surface area contributed by atoms with Gasteiger partial charge in [0.05, 0.1) is 13.7 Å². The fraction of sp³-hybridized carbons (Fsp3) is 0.600. The Morgan fingerprint density at radius 2 is 2.00 bits per heavy atom. The Labute approximate surface area is 110 Å². The lowest BCUT2D eigenvalue weighted by Gasteiger charge is -2.19. The highest BCUT2D eigenvalue weighted by Gasteiger charge is 2.11. The van der Waals surface area contributed by atoms with Gasteiger partial charge >= 0.3 is 0 Å². The smallest absolute Gasteiger partial charge is 0.122 e. The van der Waals surface area contributed by atoms with Crippen LogP contribution in [0.4, 0.5) is 0 Å². The summed E-state index contributed by atoms with van der Waals surface area (Å²) in [6.45, 7) is 6.78. The van der Waals surface area contributed by atoms with E-state index >= 15 is 0 Å². The lowest BCUT2D eigenvalue weighted by atomic mass is 10.1. The molecule has 3 nitrogen and oxygen atoms in total. The molecule has 0 spiro atoms. The highest BCUT2D eigenvalue weighted by Crippen LogP contribution is 2.19. The van der Waals surface area contributed by atoms with Crippen molar-refractivity contribution in [3.05, 3.63) is 29.8 Å². The van der Waals surface area contributed by atoms with Crippen LogP contribution in [0, 0.1) is 0 Å². The molecule has 0 aliphatic carbocycles. The lowest BCUT2D eigenvalue weighted by molar-refractivity contribution is 0.112. The third-order valence-corrected chi connectivity index (χ3v) is 2.82. The van der Waals surface area contributed by atoms with Crippen LogP contribution >= 0.6 is 0 Å². The van der Waals surface area contributed by atoms with Gasteiger partial charge < -0.3 is 14.8 Å². The van der Waals surface area contributed by atoms with Crippen LogP contribution in [0.5, 0.6) is 5.75 Å². The Hall–Kier alpha value is -1.06. The molecule has 0 bridgehead atoms. The predicted molar refractivity (Wildman–Crippen MR) is 75.3 cm³/mol. The summed E-state index contributed by atoms with van der Waals surface area (Å²) < 4.78 is 11.0. The van der Waals surface area contributed by atoms with E-state index in [1.54, 1.807) is 7.11 Å². The molecule has 1 aromatic carbocycles. The molecule has 1 atom stereocenters. The number of ether oxygens (including phenoxy) is 2. The van der Waals surface area contributed by atoms with Gasteiger partial charge in [-0.15, -0.1) is 0 Å². The molecule has 102 valence electrons. The van der Waals surface area contributed by atoms with Gasteiger partial charge in [-0.25, -0.2) is 0 Å². The molecular weight excluding hydrogens is 226 g/mol. The van der Waals surface area contributed by atoms with Gasteiger partial charge in [-0.05, 0) is 31.0 Å². The number of para-hydroxylation sites is 1. The Kier molecular flexibility index (Phi) is 7.46. The second-order valence-electron chi connectivity index (χ2n) is 4.35. The van der Waals surface area contributed by atoms with E-state index in [9.17, 15) is 0 Å². The van der Waals surface area contributed by atoms with Crippen LogP contribution in [0.3, 0.4) is 0 Å². The van der Waals surface area contributed by atoms with Gasteiger partial charge in [0.2, 0.25) is 0 Å². The summed E-state index contributed by atoms with van der Waals surface area (Å²) in [4.78, 5) is 0. The zero-order valence-electron chi connectivity index (χ0n) is 11.7. The minimum absolute atomic E-state index is 0.345. The molecule has 0 heterocycles. The molecule has 0 aliphatic heterocycles. The van der Waals surface area contributed by atoms with Gasteiger partial charge in [-0.3, -0.25) is 0 Å². The zero-order chi connectivity index (χ0) is 13.2. The highest BCUT2D eigenvalue weighted by atomic mass is 16.5. The maximum Gasteiger partial charge on any atom is 0.122 e. The molecule has 1 N–H and O–H groups in total. The fourth-order valence-corrected chi connectivity index (χ4v) is 1.99. The van der Waals surface area contributed by atoms with Crippen molar-refractivity contribution in [2.75, 3.05) is 26.9 Å². The molecule has 0 fully saturated rings. The van der Waals surface area contributed by atoms with Crippen LogP contribution in [-0.2, 0) is 11.2 Å². The van der Waals surface area contributed by atoms with E-state index in [0.717, 1.165) is 38.3 Å². The summed E-state index contributed by atoms with van der Waals surface area (Å²) in [5.41, 5.74) is 1.23. The summed E-state index contributed by atoms with van der Waals surface area (Å²) in [7, 11) is 1.72. The summed E-state index contributed by atoms with van der Waals surface area (Å²) in [6.07, 6.45) is 2.00. The van der Waals surface area contributed by atoms with Crippen molar-refractivity contribution in [2.24, 2.45) is 0 Å². The molecular formula is C15H25NO2. The minimum atomic E-state index is 0.345. The highest BCUT2D eigenvalue weighted by molar-refractivity contribution is 5.33. The molecule has 1 aromatic rings. The van der Waals surface area contributed by atoms with Gasteiger partial charge in [0.1, 0.15) is 5.75 Å². The third kappa shape index (κ3) is 5.07. The maximum absolute atomic E-state index is 5.64. The predicted octanol–water partition coefficient (Wildman–Crippen LogP) is 2.64. The number of likely N-dealkylation sites (N-methyl/N-ethyl adjacent to an activating group) is 1. The van der Waals surface area contributed by atoms with E-state index in [1.165, 1.54) is 5.56 Å². The van der Waals surface area contributed by atoms with Crippen LogP contribution in [0.25, 0.3) is 0 Å². The number of benzene rings is 1. The van der Waals surface area contributed by atoms with Crippen molar-refractivity contribution < 1.29 is 9.47 Å². The Morgan fingerprint density at radius 1 is 1.22 bits per heavy atom. The van der Waals surface area contributed by atoms with Gasteiger partial charge in [0.25, 0.3) is 0 Å². The number of nitrogens with one attached hydrogen (secondary N) is 1. The zero-order valence-corrected chi connectivity index (χ0v) is 11.7. The second-order valence-corrected chi connectivity index (χ2v) is 4.35. The van der Waals surface area contributed by atoms with E-state index in [0.29, 0.717) is 6.04 Å². The summed E-state index contributed by atoms with van der Waals surface area (Å²) >= 11 is 0.